The van der Waals surface area contributed by atoms with Crippen molar-refractivity contribution in [1.29, 1.82) is 0 Å². The molecule has 4 aromatic heterocycles. The van der Waals surface area contributed by atoms with E-state index in [1.165, 1.54) is 17.2 Å². The monoisotopic (exact) mass is 480 g/mol. The van der Waals surface area contributed by atoms with E-state index in [2.05, 4.69) is 64.4 Å². The minimum absolute atomic E-state index is 0.00844. The first-order valence-electron chi connectivity index (χ1n) is 12.2. The lowest BCUT2D eigenvalue weighted by molar-refractivity contribution is -0.127. The zero-order valence-electron chi connectivity index (χ0n) is 20.7. The highest BCUT2D eigenvalue weighted by Gasteiger charge is 2.29. The van der Waals surface area contributed by atoms with Crippen LogP contribution in [0.1, 0.15) is 35.7 Å². The molecule has 1 aromatic carbocycles. The number of pyridine rings is 1. The molecule has 36 heavy (non-hydrogen) atoms. The van der Waals surface area contributed by atoms with Gasteiger partial charge in [0.1, 0.15) is 12.0 Å². The van der Waals surface area contributed by atoms with Crippen molar-refractivity contribution in [3.8, 4) is 22.4 Å². The quantitative estimate of drug-likeness (QED) is 0.384. The van der Waals surface area contributed by atoms with Gasteiger partial charge in [0.25, 0.3) is 0 Å². The maximum atomic E-state index is 12.1. The number of hydrogen-bond acceptors (Lipinski definition) is 5. The van der Waals surface area contributed by atoms with Crippen LogP contribution in [0.25, 0.3) is 38.9 Å². The summed E-state index contributed by atoms with van der Waals surface area (Å²) in [4.78, 5) is 18.3. The molecule has 0 saturated carbocycles. The molecule has 0 aliphatic carbocycles. The molecule has 0 radical (unpaired) electrons. The van der Waals surface area contributed by atoms with Crippen LogP contribution in [-0.4, -0.2) is 58.5 Å². The average Bonchev–Trinajstić information content (AvgIpc) is 3.63. The second kappa shape index (κ2) is 8.44. The Hall–Kier alpha value is -4.27. The molecule has 5 heterocycles. The number of carbonyl (C=O) groups is 1. The molecule has 6 rings (SSSR count). The number of amides is 1. The number of nitrogens with zero attached hydrogens (tertiary/aromatic N) is 7. The molecule has 1 aliphatic heterocycles. The van der Waals surface area contributed by atoms with E-state index in [0.717, 1.165) is 57.5 Å². The number of aromatic amines is 1. The summed E-state index contributed by atoms with van der Waals surface area (Å²) in [5, 5.41) is 18.1. The van der Waals surface area contributed by atoms with Gasteiger partial charge in [0, 0.05) is 41.5 Å². The predicted octanol–water partition coefficient (Wildman–Crippen LogP) is 4.41. The number of likely N-dealkylation sites (tertiary alicyclic amines) is 1. The Balaban J connectivity index is 1.54. The molecule has 0 atom stereocenters. The number of aryl methyl sites for hydroxylation is 1. The summed E-state index contributed by atoms with van der Waals surface area (Å²) in [7, 11) is 0. The molecule has 0 unspecified atom stereocenters. The molecular formula is C27H28N8O. The Morgan fingerprint density at radius 1 is 1.17 bits per heavy atom. The van der Waals surface area contributed by atoms with E-state index in [-0.39, 0.29) is 11.9 Å². The number of fused-ring (bicyclic) bond motifs is 2. The van der Waals surface area contributed by atoms with Crippen LogP contribution in [0, 0.1) is 20.8 Å². The van der Waals surface area contributed by atoms with Gasteiger partial charge in [-0.25, -0.2) is 9.50 Å². The minimum Gasteiger partial charge on any atom is -0.339 e. The molecule has 1 N–H and O–H groups in total. The topological polar surface area (TPSA) is 97.0 Å². The standard InChI is InChI=1S/C27H28N8O/c1-5-24(36)33-10-8-20(9-11-33)35-18(4)26(25-17(3)16(2)12-22-21(25)13-29-31-22)27(32-35)19-6-7-23-28-15-30-34(23)14-19/h5-7,12-15,20H,1,8-11H2,2-4H3,(H,29,31). The average molecular weight is 481 g/mol. The normalized spacial score (nSPS) is 14.7. The van der Waals surface area contributed by atoms with Gasteiger partial charge in [-0.1, -0.05) is 6.58 Å². The molecule has 1 saturated heterocycles. The van der Waals surface area contributed by atoms with Gasteiger partial charge < -0.3 is 4.90 Å². The third-order valence-corrected chi connectivity index (χ3v) is 7.51. The lowest BCUT2D eigenvalue weighted by Crippen LogP contribution is -2.38. The van der Waals surface area contributed by atoms with Crippen LogP contribution in [0.2, 0.25) is 0 Å². The number of hydrogen-bond donors (Lipinski definition) is 1. The van der Waals surface area contributed by atoms with E-state index in [0.29, 0.717) is 13.1 Å². The fourth-order valence-corrected chi connectivity index (χ4v) is 5.44. The summed E-state index contributed by atoms with van der Waals surface area (Å²) in [5.74, 6) is -0.00844. The number of benzene rings is 1. The SMILES string of the molecule is C=CC(=O)N1CCC(n2nc(-c3ccc4ncnn4c3)c(-c3c(C)c(C)cc4[nH]ncc34)c2C)CC1. The summed E-state index contributed by atoms with van der Waals surface area (Å²) < 4.78 is 3.95. The number of piperidine rings is 1. The first-order chi connectivity index (χ1) is 17.5. The number of aromatic nitrogens is 7. The number of rotatable bonds is 4. The van der Waals surface area contributed by atoms with Gasteiger partial charge in [0.2, 0.25) is 5.91 Å². The van der Waals surface area contributed by atoms with E-state index >= 15 is 0 Å². The van der Waals surface area contributed by atoms with E-state index in [9.17, 15) is 4.79 Å². The summed E-state index contributed by atoms with van der Waals surface area (Å²) in [6.45, 7) is 11.5. The molecule has 5 aromatic rings. The predicted molar refractivity (Wildman–Crippen MR) is 139 cm³/mol. The van der Waals surface area contributed by atoms with Crippen LogP contribution in [0.4, 0.5) is 0 Å². The van der Waals surface area contributed by atoms with Crippen LogP contribution in [-0.2, 0) is 4.79 Å². The van der Waals surface area contributed by atoms with Crippen molar-refractivity contribution in [2.75, 3.05) is 13.1 Å². The molecule has 1 aliphatic rings. The largest absolute Gasteiger partial charge is 0.339 e. The third-order valence-electron chi connectivity index (χ3n) is 7.51. The molecule has 1 fully saturated rings. The Kier molecular flexibility index (Phi) is 5.21. The fraction of sp³-hybridized carbons (Fsp3) is 0.296. The van der Waals surface area contributed by atoms with E-state index < -0.39 is 0 Å². The Morgan fingerprint density at radius 2 is 1.97 bits per heavy atom. The van der Waals surface area contributed by atoms with Gasteiger partial charge in [-0.3, -0.25) is 14.6 Å². The zero-order chi connectivity index (χ0) is 25.0. The van der Waals surface area contributed by atoms with Crippen LogP contribution < -0.4 is 0 Å². The van der Waals surface area contributed by atoms with Crippen LogP contribution in [0.15, 0.2) is 49.6 Å². The summed E-state index contributed by atoms with van der Waals surface area (Å²) >= 11 is 0. The zero-order valence-corrected chi connectivity index (χ0v) is 20.7. The highest BCUT2D eigenvalue weighted by Crippen LogP contribution is 2.42. The van der Waals surface area contributed by atoms with E-state index in [1.54, 1.807) is 10.8 Å². The van der Waals surface area contributed by atoms with Gasteiger partial charge in [0.05, 0.1) is 17.8 Å². The van der Waals surface area contributed by atoms with Crippen LogP contribution in [0.3, 0.4) is 0 Å². The maximum absolute atomic E-state index is 12.1. The second-order valence-corrected chi connectivity index (χ2v) is 9.52. The van der Waals surface area contributed by atoms with Crippen molar-refractivity contribution in [3.05, 3.63) is 66.4 Å². The van der Waals surface area contributed by atoms with Crippen molar-refractivity contribution in [1.82, 2.24) is 39.5 Å². The van der Waals surface area contributed by atoms with Gasteiger partial charge >= 0.3 is 0 Å². The van der Waals surface area contributed by atoms with Crippen molar-refractivity contribution in [2.24, 2.45) is 0 Å². The van der Waals surface area contributed by atoms with Crippen molar-refractivity contribution in [3.63, 3.8) is 0 Å². The Bertz CT molecular complexity index is 1630. The molecule has 0 bridgehead atoms. The minimum atomic E-state index is -0.00844. The third kappa shape index (κ3) is 3.42. The summed E-state index contributed by atoms with van der Waals surface area (Å²) in [6, 6.07) is 6.37. The summed E-state index contributed by atoms with van der Waals surface area (Å²) in [5.41, 5.74) is 9.44. The highest BCUT2D eigenvalue weighted by atomic mass is 16.2. The van der Waals surface area contributed by atoms with Gasteiger partial charge in [-0.15, -0.1) is 0 Å². The van der Waals surface area contributed by atoms with Crippen molar-refractivity contribution in [2.45, 2.75) is 39.7 Å². The molecule has 1 amide bonds. The maximum Gasteiger partial charge on any atom is 0.245 e. The van der Waals surface area contributed by atoms with Crippen molar-refractivity contribution < 1.29 is 4.79 Å². The highest BCUT2D eigenvalue weighted by molar-refractivity contribution is 6.01. The molecule has 9 heteroatoms. The van der Waals surface area contributed by atoms with Gasteiger partial charge in [0.15, 0.2) is 5.65 Å². The first-order valence-corrected chi connectivity index (χ1v) is 12.2. The Morgan fingerprint density at radius 3 is 2.75 bits per heavy atom. The second-order valence-electron chi connectivity index (χ2n) is 9.52. The number of H-pyrrole nitrogens is 1. The van der Waals surface area contributed by atoms with Gasteiger partial charge in [-0.05, 0) is 74.6 Å². The fourth-order valence-electron chi connectivity index (χ4n) is 5.44. The van der Waals surface area contributed by atoms with E-state index in [4.69, 9.17) is 5.10 Å². The van der Waals surface area contributed by atoms with Gasteiger partial charge in [-0.2, -0.15) is 15.3 Å². The molecule has 0 spiro atoms. The lowest BCUT2D eigenvalue weighted by atomic mass is 9.91. The smallest absolute Gasteiger partial charge is 0.245 e. The number of nitrogens with one attached hydrogen (secondary N) is 1. The van der Waals surface area contributed by atoms with Crippen molar-refractivity contribution >= 4 is 22.5 Å². The lowest BCUT2D eigenvalue weighted by Gasteiger charge is -2.32. The first kappa shape index (κ1) is 22.2. The molecule has 182 valence electrons. The molecule has 9 nitrogen and oxygen atoms in total. The summed E-state index contributed by atoms with van der Waals surface area (Å²) in [6.07, 6.45) is 8.53. The Labute approximate surface area is 208 Å². The van der Waals surface area contributed by atoms with Crippen LogP contribution in [0.5, 0.6) is 0 Å². The molecular weight excluding hydrogens is 452 g/mol. The van der Waals surface area contributed by atoms with E-state index in [1.807, 2.05) is 23.4 Å². The number of carbonyl (C=O) groups excluding carboxylic acids is 1. The van der Waals surface area contributed by atoms with Crippen LogP contribution >= 0.6 is 0 Å².